The third-order valence-electron chi connectivity index (χ3n) is 4.29. The molecular weight excluding hydrogens is 302 g/mol. The van der Waals surface area contributed by atoms with E-state index in [9.17, 15) is 0 Å². The number of rotatable bonds is 6. The van der Waals surface area contributed by atoms with E-state index in [1.807, 2.05) is 24.3 Å². The molecule has 0 atom stereocenters. The van der Waals surface area contributed by atoms with E-state index >= 15 is 0 Å². The van der Waals surface area contributed by atoms with Crippen molar-refractivity contribution in [1.82, 2.24) is 20.3 Å². The van der Waals surface area contributed by atoms with Gasteiger partial charge < -0.3 is 9.84 Å². The molecule has 0 bridgehead atoms. The van der Waals surface area contributed by atoms with Gasteiger partial charge in [-0.2, -0.15) is 4.98 Å². The van der Waals surface area contributed by atoms with Gasteiger partial charge in [-0.3, -0.25) is 0 Å². The van der Waals surface area contributed by atoms with Crippen LogP contribution in [0.3, 0.4) is 0 Å². The van der Waals surface area contributed by atoms with Crippen LogP contribution in [0.25, 0.3) is 22.4 Å². The summed E-state index contributed by atoms with van der Waals surface area (Å²) in [5.41, 5.74) is 0.652. The Labute approximate surface area is 140 Å². The van der Waals surface area contributed by atoms with E-state index in [-0.39, 0.29) is 0 Å². The molecule has 0 spiro atoms. The lowest BCUT2D eigenvalue weighted by atomic mass is 10.1. The molecular formula is C18H21N5O. The fourth-order valence-electron chi connectivity index (χ4n) is 2.71. The van der Waals surface area contributed by atoms with Gasteiger partial charge in [-0.25, -0.2) is 0 Å². The Morgan fingerprint density at radius 3 is 2.71 bits per heavy atom. The van der Waals surface area contributed by atoms with E-state index < -0.39 is 0 Å². The molecule has 1 saturated carbocycles. The predicted molar refractivity (Wildman–Crippen MR) is 92.7 cm³/mol. The Bertz CT molecular complexity index is 853. The molecule has 6 heteroatoms. The average molecular weight is 323 g/mol. The molecule has 1 aliphatic rings. The second-order valence-electron chi connectivity index (χ2n) is 6.78. The number of hydrogen-bond donors (Lipinski definition) is 1. The summed E-state index contributed by atoms with van der Waals surface area (Å²) in [7, 11) is 0. The van der Waals surface area contributed by atoms with Crippen LogP contribution in [-0.2, 0) is 0 Å². The van der Waals surface area contributed by atoms with E-state index in [2.05, 4.69) is 39.5 Å². The molecule has 1 aromatic carbocycles. The van der Waals surface area contributed by atoms with Gasteiger partial charge in [0.2, 0.25) is 0 Å². The molecule has 0 saturated heterocycles. The topological polar surface area (TPSA) is 76.7 Å². The minimum absolute atomic E-state index is 0.453. The molecule has 0 radical (unpaired) electrons. The first-order valence-corrected chi connectivity index (χ1v) is 8.55. The summed E-state index contributed by atoms with van der Waals surface area (Å²) in [4.78, 5) is 4.51. The monoisotopic (exact) mass is 323 g/mol. The first kappa shape index (κ1) is 15.1. The lowest BCUT2D eigenvalue weighted by Gasteiger charge is -2.10. The molecule has 3 aromatic rings. The number of hydrogen-bond acceptors (Lipinski definition) is 6. The summed E-state index contributed by atoms with van der Waals surface area (Å²) >= 11 is 0. The van der Waals surface area contributed by atoms with Gasteiger partial charge in [0.15, 0.2) is 17.3 Å². The number of nitrogens with zero attached hydrogens (tertiary/aromatic N) is 4. The lowest BCUT2D eigenvalue weighted by Crippen LogP contribution is -2.08. The van der Waals surface area contributed by atoms with Crippen molar-refractivity contribution in [1.29, 1.82) is 0 Å². The van der Waals surface area contributed by atoms with Crippen LogP contribution in [0.2, 0.25) is 0 Å². The highest BCUT2D eigenvalue weighted by Crippen LogP contribution is 2.39. The first-order chi connectivity index (χ1) is 11.7. The Morgan fingerprint density at radius 2 is 1.96 bits per heavy atom. The Kier molecular flexibility index (Phi) is 3.88. The fourth-order valence-corrected chi connectivity index (χ4v) is 2.71. The predicted octanol–water partition coefficient (Wildman–Crippen LogP) is 4.02. The highest BCUT2D eigenvalue weighted by Gasteiger charge is 2.29. The van der Waals surface area contributed by atoms with Crippen molar-refractivity contribution >= 4 is 16.6 Å². The molecule has 2 aromatic heterocycles. The van der Waals surface area contributed by atoms with Crippen molar-refractivity contribution in [3.8, 4) is 11.6 Å². The standard InChI is InChI=1S/C18H21N5O/c1-11(2)9-10-19-17-14-6-4-3-5-13(14)15(21-22-17)18-20-16(23-24-18)12-7-8-12/h3-6,11-12H,7-10H2,1-2H3,(H,19,22). The number of nitrogens with one attached hydrogen (secondary N) is 1. The Morgan fingerprint density at radius 1 is 1.17 bits per heavy atom. The zero-order chi connectivity index (χ0) is 16.5. The molecule has 2 heterocycles. The summed E-state index contributed by atoms with van der Waals surface area (Å²) in [5, 5.41) is 18.2. The van der Waals surface area contributed by atoms with Gasteiger partial charge in [0.25, 0.3) is 5.89 Å². The van der Waals surface area contributed by atoms with Gasteiger partial charge in [-0.15, -0.1) is 10.2 Å². The van der Waals surface area contributed by atoms with Crippen LogP contribution in [-0.4, -0.2) is 26.9 Å². The van der Waals surface area contributed by atoms with E-state index in [1.54, 1.807) is 0 Å². The van der Waals surface area contributed by atoms with Crippen molar-refractivity contribution in [3.05, 3.63) is 30.1 Å². The normalized spacial score (nSPS) is 14.5. The average Bonchev–Trinajstić information content (AvgIpc) is 3.32. The molecule has 1 aliphatic carbocycles. The maximum atomic E-state index is 5.43. The third-order valence-corrected chi connectivity index (χ3v) is 4.29. The maximum Gasteiger partial charge on any atom is 0.279 e. The van der Waals surface area contributed by atoms with Crippen molar-refractivity contribution in [2.75, 3.05) is 11.9 Å². The summed E-state index contributed by atoms with van der Waals surface area (Å²) in [6.07, 6.45) is 3.38. The van der Waals surface area contributed by atoms with Crippen LogP contribution < -0.4 is 5.32 Å². The molecule has 124 valence electrons. The minimum atomic E-state index is 0.453. The van der Waals surface area contributed by atoms with Gasteiger partial charge in [-0.1, -0.05) is 43.3 Å². The Hall–Kier alpha value is -2.50. The van der Waals surface area contributed by atoms with E-state index in [0.29, 0.717) is 23.4 Å². The molecule has 0 aliphatic heterocycles. The summed E-state index contributed by atoms with van der Waals surface area (Å²) in [6.45, 7) is 5.30. The fraction of sp³-hybridized carbons (Fsp3) is 0.444. The molecule has 0 unspecified atom stereocenters. The largest absolute Gasteiger partial charge is 0.368 e. The molecule has 1 fully saturated rings. The molecule has 6 nitrogen and oxygen atoms in total. The minimum Gasteiger partial charge on any atom is -0.368 e. The smallest absolute Gasteiger partial charge is 0.279 e. The second-order valence-corrected chi connectivity index (χ2v) is 6.78. The lowest BCUT2D eigenvalue weighted by molar-refractivity contribution is 0.421. The second kappa shape index (κ2) is 6.19. The van der Waals surface area contributed by atoms with E-state index in [4.69, 9.17) is 4.52 Å². The van der Waals surface area contributed by atoms with E-state index in [1.165, 1.54) is 0 Å². The van der Waals surface area contributed by atoms with Crippen LogP contribution in [0.5, 0.6) is 0 Å². The SMILES string of the molecule is CC(C)CCNc1nnc(-c2nc(C3CC3)no2)c2ccccc12. The number of fused-ring (bicyclic) bond motifs is 1. The van der Waals surface area contributed by atoms with Crippen LogP contribution in [0.4, 0.5) is 5.82 Å². The zero-order valence-corrected chi connectivity index (χ0v) is 14.0. The molecule has 0 amide bonds. The third kappa shape index (κ3) is 2.96. The van der Waals surface area contributed by atoms with Crippen molar-refractivity contribution < 1.29 is 4.52 Å². The molecule has 1 N–H and O–H groups in total. The maximum absolute atomic E-state index is 5.43. The Balaban J connectivity index is 1.69. The van der Waals surface area contributed by atoms with Gasteiger partial charge in [0.05, 0.1) is 0 Å². The van der Waals surface area contributed by atoms with Crippen LogP contribution in [0, 0.1) is 5.92 Å². The summed E-state index contributed by atoms with van der Waals surface area (Å²) in [6, 6.07) is 8.06. The van der Waals surface area contributed by atoms with Crippen molar-refractivity contribution in [2.24, 2.45) is 5.92 Å². The van der Waals surface area contributed by atoms with Crippen LogP contribution in [0.1, 0.15) is 44.9 Å². The summed E-state index contributed by atoms with van der Waals surface area (Å²) in [5.74, 6) is 3.15. The number of anilines is 1. The number of aromatic nitrogens is 4. The zero-order valence-electron chi connectivity index (χ0n) is 14.0. The highest BCUT2D eigenvalue weighted by atomic mass is 16.5. The van der Waals surface area contributed by atoms with Gasteiger partial charge in [0, 0.05) is 23.2 Å². The van der Waals surface area contributed by atoms with Crippen molar-refractivity contribution in [3.63, 3.8) is 0 Å². The van der Waals surface area contributed by atoms with Crippen molar-refractivity contribution in [2.45, 2.75) is 39.0 Å². The van der Waals surface area contributed by atoms with Gasteiger partial charge in [-0.05, 0) is 25.2 Å². The van der Waals surface area contributed by atoms with Crippen LogP contribution >= 0.6 is 0 Å². The summed E-state index contributed by atoms with van der Waals surface area (Å²) < 4.78 is 5.43. The highest BCUT2D eigenvalue weighted by molar-refractivity contribution is 5.98. The van der Waals surface area contributed by atoms with Crippen LogP contribution in [0.15, 0.2) is 28.8 Å². The quantitative estimate of drug-likeness (QED) is 0.738. The molecule has 4 rings (SSSR count). The molecule has 24 heavy (non-hydrogen) atoms. The van der Waals surface area contributed by atoms with E-state index in [0.717, 1.165) is 48.2 Å². The van der Waals surface area contributed by atoms with Gasteiger partial charge >= 0.3 is 0 Å². The number of benzene rings is 1. The first-order valence-electron chi connectivity index (χ1n) is 8.55. The van der Waals surface area contributed by atoms with Gasteiger partial charge in [0.1, 0.15) is 0 Å².